The molecule has 1 atom stereocenters. The van der Waals surface area contributed by atoms with Crippen molar-refractivity contribution >= 4 is 11.6 Å². The summed E-state index contributed by atoms with van der Waals surface area (Å²) in [6.45, 7) is -0.352. The Labute approximate surface area is 159 Å². The number of aromatic nitrogens is 5. The van der Waals surface area contributed by atoms with E-state index in [0.717, 1.165) is 0 Å². The highest BCUT2D eigenvalue weighted by Crippen LogP contribution is 2.37. The highest BCUT2D eigenvalue weighted by atomic mass is 19.1. The van der Waals surface area contributed by atoms with Gasteiger partial charge in [-0.1, -0.05) is 0 Å². The first-order valence-corrected chi connectivity index (χ1v) is 8.18. The van der Waals surface area contributed by atoms with Gasteiger partial charge in [-0.05, 0) is 0 Å². The fourth-order valence-corrected chi connectivity index (χ4v) is 2.30. The van der Waals surface area contributed by atoms with Gasteiger partial charge in [-0.3, -0.25) is 10.1 Å². The van der Waals surface area contributed by atoms with Crippen LogP contribution in [0.2, 0.25) is 0 Å². The van der Waals surface area contributed by atoms with E-state index in [1.54, 1.807) is 6.07 Å². The van der Waals surface area contributed by atoms with Crippen molar-refractivity contribution in [3.8, 4) is 28.8 Å². The number of nitrogens with zero attached hydrogens (tertiary/aromatic N) is 5. The number of nitriles is 1. The molecule has 0 aromatic carbocycles. The van der Waals surface area contributed by atoms with Gasteiger partial charge in [-0.2, -0.15) is 10.4 Å². The molecule has 0 aliphatic rings. The molecule has 0 amide bonds. The van der Waals surface area contributed by atoms with Crippen LogP contribution < -0.4 is 20.5 Å². The van der Waals surface area contributed by atoms with Gasteiger partial charge in [0, 0.05) is 12.6 Å². The number of nitrogens with one attached hydrogen (secondary N) is 2. The average Bonchev–Trinajstić information content (AvgIpc) is 3.20. The number of halogens is 1. The van der Waals surface area contributed by atoms with E-state index in [-0.39, 0.29) is 18.8 Å². The number of nitrogens with two attached hydrogens (primary N) is 1. The van der Waals surface area contributed by atoms with Crippen LogP contribution in [0, 0.1) is 11.3 Å². The van der Waals surface area contributed by atoms with E-state index < -0.39 is 6.17 Å². The summed E-state index contributed by atoms with van der Waals surface area (Å²) in [6, 6.07) is 3.59. The Kier molecular flexibility index (Phi) is 5.93. The molecule has 4 N–H and O–H groups in total. The molecule has 0 aliphatic carbocycles. The molecule has 10 nitrogen and oxygen atoms in total. The third-order valence-electron chi connectivity index (χ3n) is 3.64. The quantitative estimate of drug-likeness (QED) is 0.526. The maximum Gasteiger partial charge on any atom is 0.158 e. The fourth-order valence-electron chi connectivity index (χ4n) is 2.30. The normalized spacial score (nSPS) is 11.5. The molecule has 11 heteroatoms. The Morgan fingerprint density at radius 2 is 2.07 bits per heavy atom. The van der Waals surface area contributed by atoms with Crippen molar-refractivity contribution in [3.63, 3.8) is 0 Å². The van der Waals surface area contributed by atoms with E-state index in [4.69, 9.17) is 20.5 Å². The van der Waals surface area contributed by atoms with Gasteiger partial charge in [0.25, 0.3) is 0 Å². The molecule has 3 aromatic heterocycles. The van der Waals surface area contributed by atoms with E-state index in [1.165, 1.54) is 31.9 Å². The van der Waals surface area contributed by atoms with Crippen LogP contribution in [0.25, 0.3) is 11.3 Å². The van der Waals surface area contributed by atoms with Crippen LogP contribution in [-0.4, -0.2) is 51.6 Å². The van der Waals surface area contributed by atoms with E-state index in [2.05, 4.69) is 30.5 Å². The maximum absolute atomic E-state index is 13.5. The Bertz CT molecular complexity index is 970. The van der Waals surface area contributed by atoms with Gasteiger partial charge in [0.2, 0.25) is 0 Å². The first-order chi connectivity index (χ1) is 13.6. The lowest BCUT2D eigenvalue weighted by Gasteiger charge is -2.14. The van der Waals surface area contributed by atoms with Crippen LogP contribution in [0.1, 0.15) is 5.69 Å². The van der Waals surface area contributed by atoms with Gasteiger partial charge >= 0.3 is 0 Å². The van der Waals surface area contributed by atoms with E-state index in [1.807, 2.05) is 6.07 Å². The summed E-state index contributed by atoms with van der Waals surface area (Å²) in [7, 11) is 1.49. The number of rotatable bonds is 8. The predicted molar refractivity (Wildman–Crippen MR) is 97.8 cm³/mol. The van der Waals surface area contributed by atoms with Crippen LogP contribution >= 0.6 is 0 Å². The number of methoxy groups -OCH3 is 1. The van der Waals surface area contributed by atoms with Crippen molar-refractivity contribution in [3.05, 3.63) is 36.5 Å². The third kappa shape index (κ3) is 4.30. The van der Waals surface area contributed by atoms with Crippen molar-refractivity contribution in [2.24, 2.45) is 5.73 Å². The summed E-state index contributed by atoms with van der Waals surface area (Å²) in [4.78, 5) is 12.0. The largest absolute Gasteiger partial charge is 0.494 e. The topological polar surface area (TPSA) is 148 Å². The molecule has 3 rings (SSSR count). The summed E-state index contributed by atoms with van der Waals surface area (Å²) < 4.78 is 24.3. The smallest absolute Gasteiger partial charge is 0.158 e. The average molecular weight is 384 g/mol. The minimum absolute atomic E-state index is 0.142. The minimum Gasteiger partial charge on any atom is -0.494 e. The summed E-state index contributed by atoms with van der Waals surface area (Å²) in [6.07, 6.45) is 4.44. The number of hydrogen-bond donors (Lipinski definition) is 3. The van der Waals surface area contributed by atoms with Crippen molar-refractivity contribution in [1.29, 1.82) is 5.26 Å². The molecule has 0 saturated carbocycles. The molecule has 1 unspecified atom stereocenters. The zero-order valence-electron chi connectivity index (χ0n) is 14.9. The number of ether oxygens (including phenoxy) is 2. The van der Waals surface area contributed by atoms with E-state index in [0.29, 0.717) is 34.4 Å². The van der Waals surface area contributed by atoms with Crippen LogP contribution in [-0.2, 0) is 0 Å². The highest BCUT2D eigenvalue weighted by Gasteiger charge is 2.18. The minimum atomic E-state index is -1.30. The molecular formula is C17H17FN8O2. The van der Waals surface area contributed by atoms with Crippen molar-refractivity contribution in [1.82, 2.24) is 25.1 Å². The lowest BCUT2D eigenvalue weighted by molar-refractivity contribution is 0.200. The summed E-state index contributed by atoms with van der Waals surface area (Å²) in [5, 5.41) is 18.8. The molecule has 28 heavy (non-hydrogen) atoms. The Morgan fingerprint density at radius 1 is 1.25 bits per heavy atom. The molecule has 3 heterocycles. The number of aromatic amines is 1. The zero-order chi connectivity index (χ0) is 19.9. The molecule has 0 aliphatic heterocycles. The molecule has 3 aromatic rings. The van der Waals surface area contributed by atoms with Crippen molar-refractivity contribution in [2.45, 2.75) is 6.17 Å². The number of pyridine rings is 1. The zero-order valence-corrected chi connectivity index (χ0v) is 14.9. The molecular weight excluding hydrogens is 367 g/mol. The molecule has 144 valence electrons. The third-order valence-corrected chi connectivity index (χ3v) is 3.64. The van der Waals surface area contributed by atoms with Gasteiger partial charge in [0.15, 0.2) is 17.3 Å². The van der Waals surface area contributed by atoms with Crippen molar-refractivity contribution < 1.29 is 13.9 Å². The van der Waals surface area contributed by atoms with Crippen LogP contribution in [0.3, 0.4) is 0 Å². The first kappa shape index (κ1) is 19.0. The predicted octanol–water partition coefficient (Wildman–Crippen LogP) is 1.56. The van der Waals surface area contributed by atoms with Crippen molar-refractivity contribution in [2.75, 3.05) is 25.6 Å². The Morgan fingerprint density at radius 3 is 2.75 bits per heavy atom. The number of hydrogen-bond acceptors (Lipinski definition) is 9. The van der Waals surface area contributed by atoms with Crippen LogP contribution in [0.15, 0.2) is 30.9 Å². The molecule has 0 bridgehead atoms. The van der Waals surface area contributed by atoms with Crippen LogP contribution in [0.5, 0.6) is 11.5 Å². The molecule has 0 saturated heterocycles. The lowest BCUT2D eigenvalue weighted by atomic mass is 10.1. The van der Waals surface area contributed by atoms with E-state index in [9.17, 15) is 4.39 Å². The second kappa shape index (κ2) is 8.74. The molecule has 0 spiro atoms. The van der Waals surface area contributed by atoms with Gasteiger partial charge in [-0.25, -0.2) is 14.4 Å². The summed E-state index contributed by atoms with van der Waals surface area (Å²) in [5.41, 5.74) is 6.59. The Hall–Kier alpha value is -3.78. The summed E-state index contributed by atoms with van der Waals surface area (Å²) in [5.74, 6) is 1.61. The second-order valence-corrected chi connectivity index (χ2v) is 5.55. The van der Waals surface area contributed by atoms with Crippen LogP contribution in [0.4, 0.5) is 16.0 Å². The molecule has 0 radical (unpaired) electrons. The first-order valence-electron chi connectivity index (χ1n) is 8.18. The van der Waals surface area contributed by atoms with Gasteiger partial charge in [-0.15, -0.1) is 0 Å². The monoisotopic (exact) mass is 384 g/mol. The number of alkyl halides is 1. The van der Waals surface area contributed by atoms with E-state index >= 15 is 0 Å². The number of H-pyrrole nitrogens is 1. The SMILES string of the molecule is COc1cncc(OCC(F)CN)c1-c1cc(Nc2cnc(C#N)cn2)n[nH]1. The fraction of sp³-hybridized carbons (Fsp3) is 0.235. The summed E-state index contributed by atoms with van der Waals surface area (Å²) >= 11 is 0. The lowest BCUT2D eigenvalue weighted by Crippen LogP contribution is -2.22. The number of anilines is 2. The maximum atomic E-state index is 13.5. The van der Waals surface area contributed by atoms with Gasteiger partial charge in [0.05, 0.1) is 43.2 Å². The molecule has 0 fully saturated rings. The van der Waals surface area contributed by atoms with Gasteiger partial charge < -0.3 is 20.5 Å². The Balaban J connectivity index is 1.85. The van der Waals surface area contributed by atoms with Gasteiger partial charge in [0.1, 0.15) is 30.4 Å². The highest BCUT2D eigenvalue weighted by molar-refractivity contribution is 5.75. The standard InChI is InChI=1S/C17H17FN8O2/c1-27-13-6-21-7-14(28-9-10(18)3-19)17(13)12-2-15(26-25-12)24-16-8-22-11(4-20)5-23-16/h2,5-8,10H,3,9,19H2,1H3,(H2,23,24,25,26). The second-order valence-electron chi connectivity index (χ2n) is 5.55.